The smallest absolute Gasteiger partial charge is 0.229 e. The van der Waals surface area contributed by atoms with Gasteiger partial charge in [0.25, 0.3) is 0 Å². The van der Waals surface area contributed by atoms with Gasteiger partial charge >= 0.3 is 0 Å². The second-order valence-electron chi connectivity index (χ2n) is 6.94. The number of nitrogens with one attached hydrogen (secondary N) is 1. The lowest BCUT2D eigenvalue weighted by Crippen LogP contribution is -2.47. The fraction of sp³-hybridized carbons (Fsp3) is 0.381. The van der Waals surface area contributed by atoms with Crippen LogP contribution in [0.2, 0.25) is 0 Å². The first-order valence-electron chi connectivity index (χ1n) is 8.75. The van der Waals surface area contributed by atoms with Gasteiger partial charge in [0.1, 0.15) is 0 Å². The van der Waals surface area contributed by atoms with Crippen molar-refractivity contribution in [3.63, 3.8) is 0 Å². The van der Waals surface area contributed by atoms with E-state index in [0.717, 1.165) is 25.9 Å². The molecule has 0 spiro atoms. The summed E-state index contributed by atoms with van der Waals surface area (Å²) in [5, 5.41) is 3.36. The summed E-state index contributed by atoms with van der Waals surface area (Å²) in [7, 11) is 0. The van der Waals surface area contributed by atoms with Crippen molar-refractivity contribution in [3.05, 3.63) is 71.8 Å². The lowest BCUT2D eigenvalue weighted by Gasteiger charge is -2.37. The van der Waals surface area contributed by atoms with E-state index < -0.39 is 0 Å². The number of rotatable bonds is 5. The van der Waals surface area contributed by atoms with E-state index in [1.807, 2.05) is 41.3 Å². The molecule has 3 nitrogen and oxygen atoms in total. The molecule has 1 N–H and O–H groups in total. The Balaban J connectivity index is 1.82. The number of carbonyl (C=O) groups is 1. The summed E-state index contributed by atoms with van der Waals surface area (Å²) < 4.78 is 0. The zero-order valence-corrected chi connectivity index (χ0v) is 14.4. The van der Waals surface area contributed by atoms with Gasteiger partial charge in [-0.3, -0.25) is 4.79 Å². The molecule has 1 aliphatic heterocycles. The van der Waals surface area contributed by atoms with Gasteiger partial charge < -0.3 is 10.2 Å². The van der Waals surface area contributed by atoms with Crippen LogP contribution in [0.15, 0.2) is 60.7 Å². The molecule has 2 aromatic carbocycles. The standard InChI is InChI=1S/C21H26N2O/c1-21(12-14-22-15-13-21)20(24)23(16-18-8-4-2-5-9-18)17-19-10-6-3-7-11-19/h2-11,22H,12-17H2,1H3. The maximum atomic E-state index is 13.3. The van der Waals surface area contributed by atoms with Crippen LogP contribution in [-0.2, 0) is 17.9 Å². The van der Waals surface area contributed by atoms with Crippen LogP contribution in [-0.4, -0.2) is 23.9 Å². The highest BCUT2D eigenvalue weighted by atomic mass is 16.2. The molecule has 0 aromatic heterocycles. The Morgan fingerprint density at radius 3 is 1.83 bits per heavy atom. The van der Waals surface area contributed by atoms with Crippen molar-refractivity contribution in [1.29, 1.82) is 0 Å². The zero-order valence-electron chi connectivity index (χ0n) is 14.4. The predicted molar refractivity (Wildman–Crippen MR) is 97.3 cm³/mol. The second-order valence-corrected chi connectivity index (χ2v) is 6.94. The molecule has 0 unspecified atom stereocenters. The fourth-order valence-electron chi connectivity index (χ4n) is 3.38. The highest BCUT2D eigenvalue weighted by molar-refractivity contribution is 5.82. The third-order valence-corrected chi connectivity index (χ3v) is 4.94. The van der Waals surface area contributed by atoms with Crippen molar-refractivity contribution in [2.75, 3.05) is 13.1 Å². The lowest BCUT2D eigenvalue weighted by molar-refractivity contribution is -0.144. The summed E-state index contributed by atoms with van der Waals surface area (Å²) >= 11 is 0. The third kappa shape index (κ3) is 4.04. The number of nitrogens with zero attached hydrogens (tertiary/aromatic N) is 1. The molecule has 0 radical (unpaired) electrons. The average molecular weight is 322 g/mol. The predicted octanol–water partition coefficient (Wildman–Crippen LogP) is 3.61. The minimum Gasteiger partial charge on any atom is -0.334 e. The minimum atomic E-state index is -0.255. The summed E-state index contributed by atoms with van der Waals surface area (Å²) in [5.74, 6) is 0.275. The lowest BCUT2D eigenvalue weighted by atomic mass is 9.79. The van der Waals surface area contributed by atoms with Crippen molar-refractivity contribution < 1.29 is 4.79 Å². The fourth-order valence-corrected chi connectivity index (χ4v) is 3.38. The van der Waals surface area contributed by atoms with Gasteiger partial charge in [-0.1, -0.05) is 67.6 Å². The van der Waals surface area contributed by atoms with Gasteiger partial charge in [0.05, 0.1) is 0 Å². The molecular formula is C21H26N2O. The van der Waals surface area contributed by atoms with E-state index >= 15 is 0 Å². The molecule has 2 aromatic rings. The highest BCUT2D eigenvalue weighted by Gasteiger charge is 2.37. The summed E-state index contributed by atoms with van der Waals surface area (Å²) in [4.78, 5) is 15.4. The quantitative estimate of drug-likeness (QED) is 0.912. The van der Waals surface area contributed by atoms with Crippen molar-refractivity contribution in [2.24, 2.45) is 5.41 Å². The maximum absolute atomic E-state index is 13.3. The molecule has 0 saturated carbocycles. The molecule has 0 bridgehead atoms. The number of hydrogen-bond acceptors (Lipinski definition) is 2. The van der Waals surface area contributed by atoms with Crippen LogP contribution in [0.4, 0.5) is 0 Å². The van der Waals surface area contributed by atoms with Gasteiger partial charge in [-0.25, -0.2) is 0 Å². The minimum absolute atomic E-state index is 0.255. The Hall–Kier alpha value is -2.13. The Bertz CT molecular complexity index is 607. The molecule has 1 aliphatic rings. The van der Waals surface area contributed by atoms with Crippen LogP contribution < -0.4 is 5.32 Å². The van der Waals surface area contributed by atoms with Crippen molar-refractivity contribution in [3.8, 4) is 0 Å². The van der Waals surface area contributed by atoms with Crippen LogP contribution in [0.3, 0.4) is 0 Å². The van der Waals surface area contributed by atoms with E-state index in [-0.39, 0.29) is 11.3 Å². The Morgan fingerprint density at radius 1 is 0.917 bits per heavy atom. The zero-order chi connectivity index (χ0) is 16.8. The highest BCUT2D eigenvalue weighted by Crippen LogP contribution is 2.31. The number of carbonyl (C=O) groups excluding carboxylic acids is 1. The normalized spacial score (nSPS) is 16.5. The molecule has 1 heterocycles. The average Bonchev–Trinajstić information content (AvgIpc) is 2.63. The van der Waals surface area contributed by atoms with Crippen LogP contribution in [0.1, 0.15) is 30.9 Å². The van der Waals surface area contributed by atoms with Gasteiger partial charge in [0, 0.05) is 18.5 Å². The first kappa shape index (κ1) is 16.7. The maximum Gasteiger partial charge on any atom is 0.229 e. The van der Waals surface area contributed by atoms with Crippen LogP contribution >= 0.6 is 0 Å². The van der Waals surface area contributed by atoms with E-state index in [1.165, 1.54) is 11.1 Å². The molecule has 1 saturated heterocycles. The van der Waals surface area contributed by atoms with Gasteiger partial charge in [-0.05, 0) is 37.1 Å². The third-order valence-electron chi connectivity index (χ3n) is 4.94. The number of hydrogen-bond donors (Lipinski definition) is 1. The Kier molecular flexibility index (Phi) is 5.31. The first-order valence-corrected chi connectivity index (χ1v) is 8.75. The van der Waals surface area contributed by atoms with Crippen LogP contribution in [0.5, 0.6) is 0 Å². The largest absolute Gasteiger partial charge is 0.334 e. The van der Waals surface area contributed by atoms with Gasteiger partial charge in [-0.15, -0.1) is 0 Å². The molecule has 24 heavy (non-hydrogen) atoms. The number of benzene rings is 2. The molecular weight excluding hydrogens is 296 g/mol. The van der Waals surface area contributed by atoms with Gasteiger partial charge in [0.2, 0.25) is 5.91 Å². The molecule has 0 atom stereocenters. The van der Waals surface area contributed by atoms with E-state index in [0.29, 0.717) is 13.1 Å². The molecule has 0 aliphatic carbocycles. The topological polar surface area (TPSA) is 32.3 Å². The van der Waals surface area contributed by atoms with Crippen LogP contribution in [0.25, 0.3) is 0 Å². The van der Waals surface area contributed by atoms with Gasteiger partial charge in [-0.2, -0.15) is 0 Å². The summed E-state index contributed by atoms with van der Waals surface area (Å²) in [6, 6.07) is 20.5. The van der Waals surface area contributed by atoms with Crippen molar-refractivity contribution in [2.45, 2.75) is 32.9 Å². The summed E-state index contributed by atoms with van der Waals surface area (Å²) in [6.45, 7) is 5.30. The second kappa shape index (κ2) is 7.63. The van der Waals surface area contributed by atoms with E-state index in [9.17, 15) is 4.79 Å². The summed E-state index contributed by atoms with van der Waals surface area (Å²) in [6.07, 6.45) is 1.82. The number of piperidine rings is 1. The van der Waals surface area contributed by atoms with E-state index in [4.69, 9.17) is 0 Å². The first-order chi connectivity index (χ1) is 11.7. The monoisotopic (exact) mass is 322 g/mol. The SMILES string of the molecule is CC1(C(=O)N(Cc2ccccc2)Cc2ccccc2)CCNCC1. The Morgan fingerprint density at radius 2 is 1.38 bits per heavy atom. The molecule has 1 amide bonds. The van der Waals surface area contributed by atoms with E-state index in [1.54, 1.807) is 0 Å². The van der Waals surface area contributed by atoms with Gasteiger partial charge in [0.15, 0.2) is 0 Å². The van der Waals surface area contributed by atoms with E-state index in [2.05, 4.69) is 36.5 Å². The van der Waals surface area contributed by atoms with Crippen LogP contribution in [0, 0.1) is 5.41 Å². The molecule has 3 rings (SSSR count). The van der Waals surface area contributed by atoms with Crippen molar-refractivity contribution in [1.82, 2.24) is 10.2 Å². The molecule has 3 heteroatoms. The Labute approximate surface area is 144 Å². The summed E-state index contributed by atoms with van der Waals surface area (Å²) in [5.41, 5.74) is 2.10. The van der Waals surface area contributed by atoms with Crippen molar-refractivity contribution >= 4 is 5.91 Å². The molecule has 126 valence electrons. The molecule has 1 fully saturated rings. The number of amides is 1.